The lowest BCUT2D eigenvalue weighted by molar-refractivity contribution is 0.117. The van der Waals surface area contributed by atoms with Gasteiger partial charge in [-0.2, -0.15) is 0 Å². The van der Waals surface area contributed by atoms with E-state index in [9.17, 15) is 13.9 Å². The molecule has 0 amide bonds. The highest BCUT2D eigenvalue weighted by Crippen LogP contribution is 2.16. The van der Waals surface area contributed by atoms with Crippen LogP contribution in [-0.4, -0.2) is 24.4 Å². The lowest BCUT2D eigenvalue weighted by Crippen LogP contribution is -2.26. The van der Waals surface area contributed by atoms with E-state index in [0.29, 0.717) is 16.5 Å². The predicted octanol–water partition coefficient (Wildman–Crippen LogP) is 3.47. The first-order chi connectivity index (χ1) is 10.0. The van der Waals surface area contributed by atoms with Gasteiger partial charge in [0.2, 0.25) is 0 Å². The Kier molecular flexibility index (Phi) is 5.36. The second-order valence-electron chi connectivity index (χ2n) is 4.43. The van der Waals surface area contributed by atoms with Gasteiger partial charge in [-0.05, 0) is 36.4 Å². The molecule has 2 aromatic carbocycles. The third-order valence-electron chi connectivity index (χ3n) is 2.72. The number of rotatable bonds is 6. The number of ether oxygens (including phenoxy) is 1. The lowest BCUT2D eigenvalue weighted by Gasteiger charge is -2.14. The number of nitrogens with one attached hydrogen (secondary N) is 1. The molecule has 0 fully saturated rings. The molecule has 0 bridgehead atoms. The highest BCUT2D eigenvalue weighted by atomic mass is 35.5. The van der Waals surface area contributed by atoms with Crippen LogP contribution >= 0.6 is 11.6 Å². The number of aliphatic hydroxyl groups is 1. The van der Waals surface area contributed by atoms with Crippen LogP contribution < -0.4 is 10.1 Å². The number of halogens is 3. The van der Waals surface area contributed by atoms with Crippen LogP contribution in [0.1, 0.15) is 0 Å². The summed E-state index contributed by atoms with van der Waals surface area (Å²) < 4.78 is 31.1. The minimum Gasteiger partial charge on any atom is -0.491 e. The van der Waals surface area contributed by atoms with E-state index in [4.69, 9.17) is 16.3 Å². The molecule has 1 atom stereocenters. The summed E-state index contributed by atoms with van der Waals surface area (Å²) in [6.07, 6.45) is -0.797. The zero-order chi connectivity index (χ0) is 15.2. The molecule has 112 valence electrons. The molecule has 21 heavy (non-hydrogen) atoms. The molecule has 2 rings (SSSR count). The molecule has 3 nitrogen and oxygen atoms in total. The van der Waals surface area contributed by atoms with Gasteiger partial charge in [-0.1, -0.05) is 11.6 Å². The minimum atomic E-state index is -0.938. The van der Waals surface area contributed by atoms with Crippen molar-refractivity contribution in [1.29, 1.82) is 0 Å². The Hall–Kier alpha value is -1.85. The topological polar surface area (TPSA) is 41.5 Å². The van der Waals surface area contributed by atoms with Gasteiger partial charge in [-0.3, -0.25) is 0 Å². The second-order valence-corrected chi connectivity index (χ2v) is 4.86. The standard InChI is InChI=1S/C15H14ClF2NO2/c16-10-1-4-13(5-2-10)21-9-12(20)8-19-11-3-6-14(17)15(18)7-11/h1-7,12,19-20H,8-9H2. The molecule has 0 aliphatic heterocycles. The van der Waals surface area contributed by atoms with Crippen LogP contribution in [0.2, 0.25) is 5.02 Å². The maximum Gasteiger partial charge on any atom is 0.160 e. The highest BCUT2D eigenvalue weighted by Gasteiger charge is 2.07. The molecule has 1 unspecified atom stereocenters. The van der Waals surface area contributed by atoms with Gasteiger partial charge in [0.15, 0.2) is 11.6 Å². The molecular weight excluding hydrogens is 300 g/mol. The van der Waals surface area contributed by atoms with Gasteiger partial charge in [0, 0.05) is 23.3 Å². The Labute approximate surface area is 126 Å². The summed E-state index contributed by atoms with van der Waals surface area (Å²) in [4.78, 5) is 0. The van der Waals surface area contributed by atoms with Crippen molar-refractivity contribution in [3.8, 4) is 5.75 Å². The zero-order valence-electron chi connectivity index (χ0n) is 11.0. The maximum absolute atomic E-state index is 13.0. The van der Waals surface area contributed by atoms with Crippen molar-refractivity contribution in [2.75, 3.05) is 18.5 Å². The van der Waals surface area contributed by atoms with E-state index in [0.717, 1.165) is 12.1 Å². The fraction of sp³-hybridized carbons (Fsp3) is 0.200. The molecule has 0 spiro atoms. The quantitative estimate of drug-likeness (QED) is 0.858. The Morgan fingerprint density at radius 2 is 1.81 bits per heavy atom. The van der Waals surface area contributed by atoms with Crippen molar-refractivity contribution in [2.45, 2.75) is 6.10 Å². The van der Waals surface area contributed by atoms with Gasteiger partial charge in [0.1, 0.15) is 18.5 Å². The summed E-state index contributed by atoms with van der Waals surface area (Å²) in [5.41, 5.74) is 0.388. The third kappa shape index (κ3) is 4.88. The lowest BCUT2D eigenvalue weighted by atomic mass is 10.3. The van der Waals surface area contributed by atoms with Gasteiger partial charge in [-0.25, -0.2) is 8.78 Å². The largest absolute Gasteiger partial charge is 0.491 e. The van der Waals surface area contributed by atoms with E-state index in [-0.39, 0.29) is 13.2 Å². The van der Waals surface area contributed by atoms with Crippen molar-refractivity contribution >= 4 is 17.3 Å². The van der Waals surface area contributed by atoms with Crippen LogP contribution in [0.5, 0.6) is 5.75 Å². The molecule has 2 N–H and O–H groups in total. The number of benzene rings is 2. The Balaban J connectivity index is 1.77. The highest BCUT2D eigenvalue weighted by molar-refractivity contribution is 6.30. The van der Waals surface area contributed by atoms with Gasteiger partial charge < -0.3 is 15.2 Å². The van der Waals surface area contributed by atoms with Crippen molar-refractivity contribution < 1.29 is 18.6 Å². The number of anilines is 1. The SMILES string of the molecule is OC(CNc1ccc(F)c(F)c1)COc1ccc(Cl)cc1. The van der Waals surface area contributed by atoms with Gasteiger partial charge in [0.05, 0.1) is 0 Å². The summed E-state index contributed by atoms with van der Waals surface area (Å²) in [6, 6.07) is 10.2. The second kappa shape index (κ2) is 7.24. The minimum absolute atomic E-state index is 0.0678. The van der Waals surface area contributed by atoms with Crippen LogP contribution in [0.3, 0.4) is 0 Å². The summed E-state index contributed by atoms with van der Waals surface area (Å²) in [6.45, 7) is 0.219. The fourth-order valence-electron chi connectivity index (χ4n) is 1.62. The molecule has 0 radical (unpaired) electrons. The molecule has 0 aromatic heterocycles. The molecule has 0 saturated heterocycles. The number of aliphatic hydroxyl groups excluding tert-OH is 1. The summed E-state index contributed by atoms with van der Waals surface area (Å²) in [5.74, 6) is -1.26. The molecule has 6 heteroatoms. The van der Waals surface area contributed by atoms with Crippen molar-refractivity contribution in [3.05, 3.63) is 59.1 Å². The molecule has 0 aliphatic carbocycles. The van der Waals surface area contributed by atoms with E-state index in [2.05, 4.69) is 5.32 Å². The maximum atomic E-state index is 13.0. The van der Waals surface area contributed by atoms with Crippen molar-refractivity contribution in [1.82, 2.24) is 0 Å². The monoisotopic (exact) mass is 313 g/mol. The average Bonchev–Trinajstić information content (AvgIpc) is 2.48. The fourth-order valence-corrected chi connectivity index (χ4v) is 1.75. The predicted molar refractivity (Wildman–Crippen MR) is 77.8 cm³/mol. The van der Waals surface area contributed by atoms with Crippen molar-refractivity contribution in [3.63, 3.8) is 0 Å². The van der Waals surface area contributed by atoms with Crippen LogP contribution in [0, 0.1) is 11.6 Å². The Morgan fingerprint density at radius 3 is 2.48 bits per heavy atom. The average molecular weight is 314 g/mol. The molecular formula is C15H14ClF2NO2. The van der Waals surface area contributed by atoms with Gasteiger partial charge >= 0.3 is 0 Å². The van der Waals surface area contributed by atoms with Crippen molar-refractivity contribution in [2.24, 2.45) is 0 Å². The Bertz CT molecular complexity index is 593. The number of hydrogen-bond donors (Lipinski definition) is 2. The van der Waals surface area contributed by atoms with Crippen LogP contribution in [-0.2, 0) is 0 Å². The van der Waals surface area contributed by atoms with E-state index >= 15 is 0 Å². The van der Waals surface area contributed by atoms with Gasteiger partial charge in [0.25, 0.3) is 0 Å². The van der Waals surface area contributed by atoms with E-state index < -0.39 is 17.7 Å². The van der Waals surface area contributed by atoms with Gasteiger partial charge in [-0.15, -0.1) is 0 Å². The van der Waals surface area contributed by atoms with Crippen LogP contribution in [0.4, 0.5) is 14.5 Å². The van der Waals surface area contributed by atoms with Crippen LogP contribution in [0.15, 0.2) is 42.5 Å². The van der Waals surface area contributed by atoms with E-state index in [1.807, 2.05) is 0 Å². The first-order valence-electron chi connectivity index (χ1n) is 6.30. The zero-order valence-corrected chi connectivity index (χ0v) is 11.8. The van der Waals surface area contributed by atoms with Crippen LogP contribution in [0.25, 0.3) is 0 Å². The first kappa shape index (κ1) is 15.5. The molecule has 0 saturated carbocycles. The molecule has 2 aromatic rings. The first-order valence-corrected chi connectivity index (χ1v) is 6.68. The molecule has 0 aliphatic rings. The normalized spacial score (nSPS) is 12.0. The third-order valence-corrected chi connectivity index (χ3v) is 2.97. The summed E-state index contributed by atoms with van der Waals surface area (Å²) >= 11 is 5.74. The molecule has 0 heterocycles. The number of hydrogen-bond acceptors (Lipinski definition) is 3. The van der Waals surface area contributed by atoms with E-state index in [1.165, 1.54) is 6.07 Å². The smallest absolute Gasteiger partial charge is 0.160 e. The van der Waals surface area contributed by atoms with E-state index in [1.54, 1.807) is 24.3 Å². The summed E-state index contributed by atoms with van der Waals surface area (Å²) in [7, 11) is 0. The Morgan fingerprint density at radius 1 is 1.10 bits per heavy atom. The summed E-state index contributed by atoms with van der Waals surface area (Å²) in [5, 5.41) is 13.2.